The molecule has 29 heavy (non-hydrogen) atoms. The summed E-state index contributed by atoms with van der Waals surface area (Å²) in [5.41, 5.74) is 0.412. The predicted octanol–water partition coefficient (Wildman–Crippen LogP) is 5.51. The summed E-state index contributed by atoms with van der Waals surface area (Å²) < 4.78 is 30.1. The zero-order chi connectivity index (χ0) is 20.5. The molecule has 150 valence electrons. The molecular weight excluding hydrogens is 421 g/mol. The average molecular weight is 437 g/mol. The van der Waals surface area contributed by atoms with Crippen molar-refractivity contribution in [2.24, 2.45) is 0 Å². The summed E-state index contributed by atoms with van der Waals surface area (Å²) in [5.74, 6) is -0.657. The van der Waals surface area contributed by atoms with E-state index in [9.17, 15) is 13.6 Å². The van der Waals surface area contributed by atoms with E-state index in [4.69, 9.17) is 23.2 Å². The summed E-state index contributed by atoms with van der Waals surface area (Å²) in [6.45, 7) is 0.788. The number of amides is 1. The normalized spacial score (nSPS) is 13.7. The molecule has 3 aromatic rings. The van der Waals surface area contributed by atoms with Crippen LogP contribution in [0.3, 0.4) is 0 Å². The Hall–Kier alpha value is -2.51. The quantitative estimate of drug-likeness (QED) is 0.550. The van der Waals surface area contributed by atoms with Gasteiger partial charge in [-0.3, -0.25) is 4.79 Å². The van der Waals surface area contributed by atoms with Gasteiger partial charge >= 0.3 is 0 Å². The van der Waals surface area contributed by atoms with Crippen molar-refractivity contribution in [2.75, 3.05) is 5.32 Å². The summed E-state index contributed by atoms with van der Waals surface area (Å²) in [6, 6.07) is 6.36. The van der Waals surface area contributed by atoms with Crippen molar-refractivity contribution < 1.29 is 13.6 Å². The number of hydrogen-bond donors (Lipinski definition) is 1. The molecule has 1 aromatic heterocycles. The zero-order valence-electron chi connectivity index (χ0n) is 15.2. The van der Waals surface area contributed by atoms with Gasteiger partial charge in [-0.05, 0) is 43.2 Å². The second-order valence-corrected chi connectivity index (χ2v) is 7.61. The average Bonchev–Trinajstić information content (AvgIpc) is 2.94. The Kier molecular flexibility index (Phi) is 5.52. The fourth-order valence-electron chi connectivity index (χ4n) is 3.34. The number of halogens is 4. The minimum Gasteiger partial charge on any atom is -0.319 e. The highest BCUT2D eigenvalue weighted by Crippen LogP contribution is 2.29. The lowest BCUT2D eigenvalue weighted by Gasteiger charge is -2.11. The van der Waals surface area contributed by atoms with Crippen LogP contribution in [0.2, 0.25) is 10.0 Å². The number of aryl methyl sites for hydroxylation is 1. The summed E-state index contributed by atoms with van der Waals surface area (Å²) in [7, 11) is 0. The summed E-state index contributed by atoms with van der Waals surface area (Å²) in [5, 5.41) is 10.7. The van der Waals surface area contributed by atoms with E-state index in [0.717, 1.165) is 50.2 Å². The summed E-state index contributed by atoms with van der Waals surface area (Å²) in [4.78, 5) is 12.5. The number of benzene rings is 2. The molecule has 0 fully saturated rings. The highest BCUT2D eigenvalue weighted by atomic mass is 35.5. The van der Waals surface area contributed by atoms with Crippen molar-refractivity contribution in [2.45, 2.75) is 32.2 Å². The van der Waals surface area contributed by atoms with Crippen LogP contribution >= 0.6 is 23.2 Å². The van der Waals surface area contributed by atoms with Crippen LogP contribution in [0.1, 0.15) is 35.4 Å². The van der Waals surface area contributed by atoms with Gasteiger partial charge in [0.25, 0.3) is 5.91 Å². The number of aromatic nitrogens is 3. The molecule has 1 amide bonds. The van der Waals surface area contributed by atoms with Crippen LogP contribution in [0.15, 0.2) is 30.3 Å². The second kappa shape index (κ2) is 8.08. The zero-order valence-corrected chi connectivity index (χ0v) is 16.7. The minimum atomic E-state index is -0.790. The maximum absolute atomic E-state index is 14.3. The maximum Gasteiger partial charge on any atom is 0.257 e. The van der Waals surface area contributed by atoms with Crippen molar-refractivity contribution in [3.8, 4) is 11.4 Å². The molecule has 0 radical (unpaired) electrons. The van der Waals surface area contributed by atoms with E-state index in [1.807, 2.05) is 4.57 Å². The van der Waals surface area contributed by atoms with Crippen LogP contribution in [-0.4, -0.2) is 20.7 Å². The Bertz CT molecular complexity index is 1100. The van der Waals surface area contributed by atoms with Gasteiger partial charge in [0, 0.05) is 18.5 Å². The minimum absolute atomic E-state index is 0.0340. The van der Waals surface area contributed by atoms with Gasteiger partial charge < -0.3 is 9.88 Å². The van der Waals surface area contributed by atoms with Crippen molar-refractivity contribution in [3.05, 3.63) is 63.4 Å². The second-order valence-electron chi connectivity index (χ2n) is 6.80. The molecule has 2 aromatic carbocycles. The topological polar surface area (TPSA) is 59.8 Å². The number of nitrogens with zero attached hydrogens (tertiary/aromatic N) is 3. The first kappa shape index (κ1) is 19.8. The molecule has 5 nitrogen and oxygen atoms in total. The van der Waals surface area contributed by atoms with E-state index < -0.39 is 17.5 Å². The first-order chi connectivity index (χ1) is 13.9. The van der Waals surface area contributed by atoms with Crippen molar-refractivity contribution in [1.29, 1.82) is 0 Å². The van der Waals surface area contributed by atoms with Gasteiger partial charge in [0.15, 0.2) is 5.82 Å². The summed E-state index contributed by atoms with van der Waals surface area (Å²) in [6.07, 6.45) is 4.04. The van der Waals surface area contributed by atoms with Crippen LogP contribution in [-0.2, 0) is 13.0 Å². The fourth-order valence-corrected chi connectivity index (χ4v) is 3.81. The molecule has 9 heteroatoms. The van der Waals surface area contributed by atoms with E-state index in [2.05, 4.69) is 15.5 Å². The lowest BCUT2D eigenvalue weighted by Crippen LogP contribution is -2.14. The van der Waals surface area contributed by atoms with Gasteiger partial charge in [-0.15, -0.1) is 10.2 Å². The van der Waals surface area contributed by atoms with E-state index in [-0.39, 0.29) is 21.3 Å². The van der Waals surface area contributed by atoms with Crippen LogP contribution in [0.4, 0.5) is 14.5 Å². The van der Waals surface area contributed by atoms with Gasteiger partial charge in [0.1, 0.15) is 17.5 Å². The molecule has 0 aliphatic carbocycles. The van der Waals surface area contributed by atoms with E-state index in [0.29, 0.717) is 11.4 Å². The van der Waals surface area contributed by atoms with Gasteiger partial charge in [-0.2, -0.15) is 0 Å². The number of carbonyl (C=O) groups is 1. The van der Waals surface area contributed by atoms with Crippen molar-refractivity contribution in [1.82, 2.24) is 14.8 Å². The fraction of sp³-hybridized carbons (Fsp3) is 0.250. The van der Waals surface area contributed by atoms with Crippen LogP contribution in [0, 0.1) is 11.6 Å². The van der Waals surface area contributed by atoms with Gasteiger partial charge in [-0.1, -0.05) is 29.6 Å². The maximum atomic E-state index is 14.3. The Morgan fingerprint density at radius 2 is 1.83 bits per heavy atom. The highest BCUT2D eigenvalue weighted by Gasteiger charge is 2.19. The van der Waals surface area contributed by atoms with Gasteiger partial charge in [0.05, 0.1) is 21.3 Å². The van der Waals surface area contributed by atoms with Gasteiger partial charge in [0.2, 0.25) is 0 Å². The molecule has 1 aliphatic rings. The molecule has 0 bridgehead atoms. The SMILES string of the molecule is O=C(Nc1cc(-c2nnc3n2CCCCC3)ccc1F)c1cc(F)c(Cl)cc1Cl. The van der Waals surface area contributed by atoms with Crippen molar-refractivity contribution >= 4 is 34.8 Å². The summed E-state index contributed by atoms with van der Waals surface area (Å²) >= 11 is 11.6. The Morgan fingerprint density at radius 1 is 1.00 bits per heavy atom. The van der Waals surface area contributed by atoms with E-state index in [1.165, 1.54) is 12.1 Å². The molecule has 2 heterocycles. The number of carbonyl (C=O) groups excluding carboxylic acids is 1. The van der Waals surface area contributed by atoms with E-state index >= 15 is 0 Å². The van der Waals surface area contributed by atoms with Crippen LogP contribution in [0.25, 0.3) is 11.4 Å². The van der Waals surface area contributed by atoms with Crippen LogP contribution < -0.4 is 5.32 Å². The molecule has 0 saturated heterocycles. The number of nitrogens with one attached hydrogen (secondary N) is 1. The van der Waals surface area contributed by atoms with Crippen molar-refractivity contribution in [3.63, 3.8) is 0 Å². The van der Waals surface area contributed by atoms with E-state index in [1.54, 1.807) is 6.07 Å². The lowest BCUT2D eigenvalue weighted by molar-refractivity contribution is 0.102. The number of hydrogen-bond acceptors (Lipinski definition) is 3. The Balaban J connectivity index is 1.66. The first-order valence-electron chi connectivity index (χ1n) is 9.12. The third-order valence-electron chi connectivity index (χ3n) is 4.84. The largest absolute Gasteiger partial charge is 0.319 e. The molecule has 4 rings (SSSR count). The molecule has 1 N–H and O–H groups in total. The molecule has 1 aliphatic heterocycles. The number of anilines is 1. The number of fused-ring (bicyclic) bond motifs is 1. The molecule has 0 atom stereocenters. The monoisotopic (exact) mass is 436 g/mol. The van der Waals surface area contributed by atoms with Gasteiger partial charge in [-0.25, -0.2) is 8.78 Å². The molecular formula is C20H16Cl2F2N4O. The molecule has 0 spiro atoms. The standard InChI is InChI=1S/C20H16Cl2F2N4O/c21-13-10-14(22)16(24)9-12(13)20(29)25-17-8-11(5-6-15(17)23)19-27-26-18-4-2-1-3-7-28(18)19/h5-6,8-10H,1-4,7H2,(H,25,29). The predicted molar refractivity (Wildman–Crippen MR) is 107 cm³/mol. The molecule has 0 unspecified atom stereocenters. The lowest BCUT2D eigenvalue weighted by atomic mass is 10.1. The first-order valence-corrected chi connectivity index (χ1v) is 9.87. The number of rotatable bonds is 3. The third kappa shape index (κ3) is 3.97. The smallest absolute Gasteiger partial charge is 0.257 e. The molecule has 0 saturated carbocycles. The Morgan fingerprint density at radius 3 is 2.66 bits per heavy atom. The third-order valence-corrected chi connectivity index (χ3v) is 5.44. The van der Waals surface area contributed by atoms with Crippen LogP contribution in [0.5, 0.6) is 0 Å². The highest BCUT2D eigenvalue weighted by molar-refractivity contribution is 6.37. The Labute approximate surface area is 175 Å².